The van der Waals surface area contributed by atoms with Crippen LogP contribution in [0, 0.1) is 5.89 Å². The molecule has 1 aromatic carbocycles. The van der Waals surface area contributed by atoms with Gasteiger partial charge < -0.3 is 4.42 Å². The van der Waals surface area contributed by atoms with Crippen molar-refractivity contribution in [2.45, 2.75) is 39.9 Å². The Hall–Kier alpha value is -2.68. The molecule has 3 nitrogen and oxygen atoms in total. The molecule has 3 heteroatoms. The van der Waals surface area contributed by atoms with Crippen LogP contribution in [-0.4, -0.2) is 9.97 Å². The highest BCUT2D eigenvalue weighted by Gasteiger charge is 2.14. The minimum absolute atomic E-state index is 0.0538. The number of hydrogen-bond donors (Lipinski definition) is 0. The minimum atomic E-state index is -2.49. The van der Waals surface area contributed by atoms with E-state index in [0.717, 1.165) is 10.8 Å². The van der Waals surface area contributed by atoms with Crippen LogP contribution in [0.5, 0.6) is 0 Å². The Bertz CT molecular complexity index is 1350. The Balaban J connectivity index is 1.75. The van der Waals surface area contributed by atoms with Gasteiger partial charge in [-0.1, -0.05) is 45.8 Å². The highest BCUT2D eigenvalue weighted by molar-refractivity contribution is 6.08. The van der Waals surface area contributed by atoms with E-state index in [0.29, 0.717) is 28.2 Å². The first-order valence-electron chi connectivity index (χ1n) is 12.4. The number of pyridine rings is 2. The van der Waals surface area contributed by atoms with Crippen molar-refractivity contribution in [3.8, 4) is 11.3 Å². The van der Waals surface area contributed by atoms with Gasteiger partial charge >= 0.3 is 0 Å². The summed E-state index contributed by atoms with van der Waals surface area (Å²) in [6, 6.07) is 12.3. The van der Waals surface area contributed by atoms with Crippen molar-refractivity contribution in [3.63, 3.8) is 0 Å². The van der Waals surface area contributed by atoms with Gasteiger partial charge in [-0.15, -0.1) is 0 Å². The lowest BCUT2D eigenvalue weighted by Crippen LogP contribution is -1.96. The maximum Gasteiger partial charge on any atom is 0.227 e. The Morgan fingerprint density at radius 1 is 1.08 bits per heavy atom. The molecule has 3 aromatic heterocycles. The smallest absolute Gasteiger partial charge is 0.227 e. The second kappa shape index (κ2) is 6.56. The van der Waals surface area contributed by atoms with E-state index in [-0.39, 0.29) is 12.0 Å². The first-order valence-corrected chi connectivity index (χ1v) is 8.40. The van der Waals surface area contributed by atoms with Crippen LogP contribution < -0.4 is 0 Å². The molecule has 0 saturated heterocycles. The monoisotopic (exact) mass is 352 g/mol. The summed E-state index contributed by atoms with van der Waals surface area (Å²) >= 11 is 0. The first kappa shape index (κ1) is 9.86. The molecule has 0 N–H and O–H groups in total. The fourth-order valence-corrected chi connectivity index (χ4v) is 3.06. The lowest BCUT2D eigenvalue weighted by Gasteiger charge is -2.06. The first-order chi connectivity index (χ1) is 15.6. The zero-order valence-electron chi connectivity index (χ0n) is 22.6. The quantitative estimate of drug-likeness (QED) is 0.428. The zero-order chi connectivity index (χ0) is 25.1. The molecule has 0 aliphatic carbocycles. The molecule has 4 aromatic rings. The van der Waals surface area contributed by atoms with E-state index in [2.05, 4.69) is 9.97 Å². The second-order valence-corrected chi connectivity index (χ2v) is 6.45. The van der Waals surface area contributed by atoms with E-state index in [4.69, 9.17) is 15.4 Å². The van der Waals surface area contributed by atoms with E-state index in [1.54, 1.807) is 24.3 Å². The largest absolute Gasteiger partial charge is 0.437 e. The molecule has 3 heterocycles. The highest BCUT2D eigenvalue weighted by Crippen LogP contribution is 2.34. The van der Waals surface area contributed by atoms with Crippen molar-refractivity contribution in [2.24, 2.45) is 5.89 Å². The van der Waals surface area contributed by atoms with E-state index in [9.17, 15) is 0 Å². The van der Waals surface area contributed by atoms with Crippen LogP contribution >= 0.6 is 0 Å². The summed E-state index contributed by atoms with van der Waals surface area (Å²) < 4.78 is 68.1. The van der Waals surface area contributed by atoms with Crippen molar-refractivity contribution in [3.05, 3.63) is 59.9 Å². The van der Waals surface area contributed by atoms with Gasteiger partial charge in [0.05, 0.1) is 5.69 Å². The summed E-state index contributed by atoms with van der Waals surface area (Å²) in [5.74, 6) is -3.47. The summed E-state index contributed by atoms with van der Waals surface area (Å²) in [4.78, 5) is 8.88. The molecule has 0 fully saturated rings. The average molecular weight is 353 g/mol. The predicted molar refractivity (Wildman–Crippen MR) is 107 cm³/mol. The molecule has 132 valence electrons. The van der Waals surface area contributed by atoms with Crippen molar-refractivity contribution >= 4 is 22.1 Å². The SMILES string of the molecule is [2H]C([2H])([2H])C([2H])(C)Cc1ccc2c(n1)oc1c(-c3ccc(C([2H])(C)C([2H])([2H])[2H])cn3)cccc12. The molecule has 2 unspecified atom stereocenters. The fourth-order valence-electron chi connectivity index (χ4n) is 3.06. The molecule has 0 spiro atoms. The molecule has 0 radical (unpaired) electrons. The average Bonchev–Trinajstić information content (AvgIpc) is 3.09. The van der Waals surface area contributed by atoms with Gasteiger partial charge in [0, 0.05) is 39.2 Å². The van der Waals surface area contributed by atoms with Gasteiger partial charge in [0.2, 0.25) is 5.71 Å². The van der Waals surface area contributed by atoms with Crippen LogP contribution in [0.15, 0.2) is 53.1 Å². The topological polar surface area (TPSA) is 38.9 Å². The maximum atomic E-state index is 8.24. The molecule has 26 heavy (non-hydrogen) atoms. The van der Waals surface area contributed by atoms with Crippen LogP contribution in [0.1, 0.15) is 55.7 Å². The minimum Gasteiger partial charge on any atom is -0.437 e. The lowest BCUT2D eigenvalue weighted by atomic mass is 10.0. The molecule has 0 bridgehead atoms. The second-order valence-electron chi connectivity index (χ2n) is 6.45. The van der Waals surface area contributed by atoms with Crippen molar-refractivity contribution in [1.29, 1.82) is 0 Å². The zero-order valence-corrected chi connectivity index (χ0v) is 14.6. The van der Waals surface area contributed by atoms with Gasteiger partial charge in [0.25, 0.3) is 0 Å². The van der Waals surface area contributed by atoms with Crippen LogP contribution in [0.3, 0.4) is 0 Å². The van der Waals surface area contributed by atoms with Crippen molar-refractivity contribution in [2.75, 3.05) is 0 Å². The van der Waals surface area contributed by atoms with Crippen molar-refractivity contribution in [1.82, 2.24) is 9.97 Å². The molecular weight excluding hydrogens is 320 g/mol. The predicted octanol–water partition coefficient (Wildman–Crippen LogP) is 6.36. The third kappa shape index (κ3) is 2.98. The number of furan rings is 1. The molecule has 0 saturated carbocycles. The lowest BCUT2D eigenvalue weighted by molar-refractivity contribution is 0.621. The third-order valence-electron chi connectivity index (χ3n) is 4.34. The van der Waals surface area contributed by atoms with E-state index in [1.807, 2.05) is 18.2 Å². The van der Waals surface area contributed by atoms with Crippen LogP contribution in [0.4, 0.5) is 0 Å². The summed E-state index contributed by atoms with van der Waals surface area (Å²) in [5, 5.41) is 1.55. The third-order valence-corrected chi connectivity index (χ3v) is 4.34. The molecule has 0 amide bonds. The number of aromatic nitrogens is 2. The van der Waals surface area contributed by atoms with Crippen LogP contribution in [-0.2, 0) is 6.42 Å². The van der Waals surface area contributed by atoms with Gasteiger partial charge in [0.15, 0.2) is 0 Å². The molecule has 0 aliphatic rings. The fraction of sp³-hybridized carbons (Fsp3) is 0.304. The van der Waals surface area contributed by atoms with Gasteiger partial charge in [-0.3, -0.25) is 4.98 Å². The van der Waals surface area contributed by atoms with Gasteiger partial charge in [-0.2, -0.15) is 0 Å². The van der Waals surface area contributed by atoms with Crippen LogP contribution in [0.25, 0.3) is 33.3 Å². The number of rotatable bonds is 4. The molecule has 2 atom stereocenters. The maximum absolute atomic E-state index is 8.24. The number of hydrogen-bond acceptors (Lipinski definition) is 3. The van der Waals surface area contributed by atoms with E-state index >= 15 is 0 Å². The van der Waals surface area contributed by atoms with Gasteiger partial charge in [-0.05, 0) is 48.0 Å². The van der Waals surface area contributed by atoms with E-state index < -0.39 is 25.5 Å². The van der Waals surface area contributed by atoms with Gasteiger partial charge in [0.1, 0.15) is 5.58 Å². The van der Waals surface area contributed by atoms with E-state index in [1.165, 1.54) is 20.0 Å². The number of nitrogens with zero attached hydrogens (tertiary/aromatic N) is 2. The Kier molecular flexibility index (Phi) is 2.49. The Morgan fingerprint density at radius 2 is 2.00 bits per heavy atom. The van der Waals surface area contributed by atoms with Gasteiger partial charge in [-0.25, -0.2) is 4.98 Å². The number of benzene rings is 1. The van der Waals surface area contributed by atoms with Crippen molar-refractivity contribution < 1.29 is 15.4 Å². The van der Waals surface area contributed by atoms with Crippen LogP contribution in [0.2, 0.25) is 0 Å². The standard InChI is InChI=1S/C23H24N2O/c1-14(2)12-17-9-10-19-18-6-5-7-20(22(18)26-23(19)25-17)21-11-8-16(13-24-21)15(3)4/h5-11,13-15H,12H2,1-4H3/i1D3,3D3,14D,15D. The Labute approximate surface area is 165 Å². The molecule has 0 aliphatic heterocycles. The number of fused-ring (bicyclic) bond motifs is 3. The number of para-hydroxylation sites is 1. The summed E-state index contributed by atoms with van der Waals surface area (Å²) in [6.45, 7) is -2.23. The molecular formula is C23H24N2O. The normalized spacial score (nSPS) is 21.9. The summed E-state index contributed by atoms with van der Waals surface area (Å²) in [5.41, 5.74) is 2.83. The Morgan fingerprint density at radius 3 is 2.77 bits per heavy atom. The highest BCUT2D eigenvalue weighted by atomic mass is 16.3. The summed E-state index contributed by atoms with van der Waals surface area (Å²) in [7, 11) is 0. The summed E-state index contributed by atoms with van der Waals surface area (Å²) in [6.07, 6.45) is 1.35. The molecule has 4 rings (SSSR count).